The highest BCUT2D eigenvalue weighted by Gasteiger charge is 2.36. The van der Waals surface area contributed by atoms with Gasteiger partial charge in [-0.3, -0.25) is 19.3 Å². The Balaban J connectivity index is 1.47. The van der Waals surface area contributed by atoms with Gasteiger partial charge in [0.25, 0.3) is 11.8 Å². The van der Waals surface area contributed by atoms with Gasteiger partial charge in [-0.25, -0.2) is 4.79 Å². The van der Waals surface area contributed by atoms with Crippen LogP contribution in [0.4, 0.5) is 0 Å². The quantitative estimate of drug-likeness (QED) is 0.336. The fourth-order valence-electron chi connectivity index (χ4n) is 3.66. The summed E-state index contributed by atoms with van der Waals surface area (Å²) in [7, 11) is 0. The molecule has 0 N–H and O–H groups in total. The van der Waals surface area contributed by atoms with Gasteiger partial charge in [-0.05, 0) is 49.2 Å². The van der Waals surface area contributed by atoms with Crippen LogP contribution in [0.15, 0.2) is 66.7 Å². The number of benzene rings is 3. The molecule has 0 radical (unpaired) electrons. The van der Waals surface area contributed by atoms with Crippen molar-refractivity contribution < 1.29 is 23.9 Å². The minimum Gasteiger partial charge on any atom is -0.454 e. The van der Waals surface area contributed by atoms with Gasteiger partial charge in [0, 0.05) is 5.56 Å². The third-order valence-corrected chi connectivity index (χ3v) is 5.42. The molecule has 0 unspecified atom stereocenters. The number of rotatable bonds is 6. The Morgan fingerprint density at radius 3 is 2.31 bits per heavy atom. The van der Waals surface area contributed by atoms with E-state index in [0.717, 1.165) is 21.6 Å². The summed E-state index contributed by atoms with van der Waals surface area (Å²) in [6, 6.07) is 18.9. The zero-order chi connectivity index (χ0) is 22.8. The van der Waals surface area contributed by atoms with Crippen molar-refractivity contribution in [3.8, 4) is 0 Å². The highest BCUT2D eigenvalue weighted by atomic mass is 16.5. The van der Waals surface area contributed by atoms with Crippen LogP contribution in [0.5, 0.6) is 0 Å². The first-order valence-corrected chi connectivity index (χ1v) is 10.2. The lowest BCUT2D eigenvalue weighted by molar-refractivity contribution is 0.0474. The first-order chi connectivity index (χ1) is 15.3. The summed E-state index contributed by atoms with van der Waals surface area (Å²) < 4.78 is 5.19. The molecule has 6 heteroatoms. The Hall–Kier alpha value is -4.06. The summed E-state index contributed by atoms with van der Waals surface area (Å²) in [5, 5.41) is 0. The van der Waals surface area contributed by atoms with Crippen LogP contribution < -0.4 is 0 Å². The molecule has 3 aromatic carbocycles. The van der Waals surface area contributed by atoms with E-state index in [-0.39, 0.29) is 29.0 Å². The summed E-state index contributed by atoms with van der Waals surface area (Å²) in [4.78, 5) is 51.6. The molecule has 4 rings (SSSR count). The minimum atomic E-state index is -0.729. The van der Waals surface area contributed by atoms with Crippen LogP contribution in [0.3, 0.4) is 0 Å². The summed E-state index contributed by atoms with van der Waals surface area (Å²) in [6.07, 6.45) is 0. The Kier molecular flexibility index (Phi) is 5.69. The highest BCUT2D eigenvalue weighted by molar-refractivity contribution is 6.21. The second-order valence-electron chi connectivity index (χ2n) is 7.76. The van der Waals surface area contributed by atoms with E-state index >= 15 is 0 Å². The number of hydrogen-bond acceptors (Lipinski definition) is 5. The van der Waals surface area contributed by atoms with Gasteiger partial charge in [0.15, 0.2) is 6.61 Å². The number of imide groups is 1. The number of esters is 1. The van der Waals surface area contributed by atoms with Gasteiger partial charge in [-0.2, -0.15) is 0 Å². The molecule has 1 aliphatic rings. The lowest BCUT2D eigenvalue weighted by Crippen LogP contribution is -2.29. The molecule has 160 valence electrons. The smallest absolute Gasteiger partial charge is 0.338 e. The van der Waals surface area contributed by atoms with Gasteiger partial charge in [0.2, 0.25) is 5.78 Å². The zero-order valence-electron chi connectivity index (χ0n) is 17.8. The number of ether oxygens (including phenoxy) is 1. The molecule has 0 aliphatic carbocycles. The maximum absolute atomic E-state index is 12.8. The van der Waals surface area contributed by atoms with Crippen LogP contribution in [-0.2, 0) is 11.3 Å². The van der Waals surface area contributed by atoms with Crippen molar-refractivity contribution in [2.45, 2.75) is 20.4 Å². The molecule has 3 aromatic rings. The van der Waals surface area contributed by atoms with Crippen molar-refractivity contribution in [3.63, 3.8) is 0 Å². The van der Waals surface area contributed by atoms with E-state index < -0.39 is 24.4 Å². The normalized spacial score (nSPS) is 12.6. The molecule has 0 saturated carbocycles. The average molecular weight is 427 g/mol. The first kappa shape index (κ1) is 21.2. The molecule has 32 heavy (non-hydrogen) atoms. The fourth-order valence-corrected chi connectivity index (χ4v) is 3.66. The van der Waals surface area contributed by atoms with Gasteiger partial charge in [-0.15, -0.1) is 0 Å². The molecule has 1 aliphatic heterocycles. The molecule has 0 fully saturated rings. The Morgan fingerprint density at radius 1 is 0.844 bits per heavy atom. The number of Topliss-reactive ketones (excluding diaryl/α,β-unsaturated/α-hetero) is 1. The van der Waals surface area contributed by atoms with E-state index in [1.54, 1.807) is 6.07 Å². The predicted octanol–water partition coefficient (Wildman–Crippen LogP) is 4.14. The van der Waals surface area contributed by atoms with Gasteiger partial charge < -0.3 is 4.74 Å². The van der Waals surface area contributed by atoms with Gasteiger partial charge in [0.1, 0.15) is 0 Å². The molecule has 1 heterocycles. The lowest BCUT2D eigenvalue weighted by atomic mass is 10.0. The number of carbonyl (C=O) groups excluding carboxylic acids is 4. The fraction of sp³-hybridized carbons (Fsp3) is 0.154. The van der Waals surface area contributed by atoms with Crippen molar-refractivity contribution in [1.29, 1.82) is 0 Å². The topological polar surface area (TPSA) is 80.8 Å². The van der Waals surface area contributed by atoms with Crippen LogP contribution in [-0.4, -0.2) is 35.1 Å². The van der Waals surface area contributed by atoms with Crippen LogP contribution >= 0.6 is 0 Å². The average Bonchev–Trinajstić information content (AvgIpc) is 3.03. The van der Waals surface area contributed by atoms with Gasteiger partial charge in [0.05, 0.1) is 23.2 Å². The molecular weight excluding hydrogens is 406 g/mol. The third kappa shape index (κ3) is 4.07. The molecule has 0 spiro atoms. The second kappa shape index (κ2) is 8.59. The summed E-state index contributed by atoms with van der Waals surface area (Å²) in [5.74, 6) is -1.90. The SMILES string of the molecule is Cc1ccc(C)c(C(=O)COC(=O)c2ccc3c(c2)C(=O)N(Cc2ccccc2)C3=O)c1. The second-order valence-corrected chi connectivity index (χ2v) is 7.76. The Bertz CT molecular complexity index is 1250. The molecule has 0 atom stereocenters. The highest BCUT2D eigenvalue weighted by Crippen LogP contribution is 2.26. The van der Waals surface area contributed by atoms with Crippen molar-refractivity contribution in [2.24, 2.45) is 0 Å². The molecular formula is C26H21NO5. The maximum Gasteiger partial charge on any atom is 0.338 e. The summed E-state index contributed by atoms with van der Waals surface area (Å²) in [6.45, 7) is 3.44. The Morgan fingerprint density at radius 2 is 1.56 bits per heavy atom. The van der Waals surface area contributed by atoms with Crippen molar-refractivity contribution in [2.75, 3.05) is 6.61 Å². The van der Waals surface area contributed by atoms with E-state index in [0.29, 0.717) is 5.56 Å². The number of fused-ring (bicyclic) bond motifs is 1. The number of hydrogen-bond donors (Lipinski definition) is 0. The van der Waals surface area contributed by atoms with Crippen molar-refractivity contribution >= 4 is 23.6 Å². The number of nitrogens with zero attached hydrogens (tertiary/aromatic N) is 1. The van der Waals surface area contributed by atoms with Crippen LogP contribution in [0.25, 0.3) is 0 Å². The monoisotopic (exact) mass is 427 g/mol. The van der Waals surface area contributed by atoms with Crippen molar-refractivity contribution in [3.05, 3.63) is 106 Å². The van der Waals surface area contributed by atoms with Crippen molar-refractivity contribution in [1.82, 2.24) is 4.90 Å². The summed E-state index contributed by atoms with van der Waals surface area (Å²) in [5.41, 5.74) is 3.58. The Labute approximate surface area is 185 Å². The van der Waals surface area contributed by atoms with E-state index in [4.69, 9.17) is 4.74 Å². The molecule has 0 saturated heterocycles. The minimum absolute atomic E-state index is 0.111. The third-order valence-electron chi connectivity index (χ3n) is 5.42. The molecule has 0 bridgehead atoms. The molecule has 2 amide bonds. The summed E-state index contributed by atoms with van der Waals surface area (Å²) >= 11 is 0. The molecule has 0 aromatic heterocycles. The number of carbonyl (C=O) groups is 4. The zero-order valence-corrected chi connectivity index (χ0v) is 17.8. The van der Waals surface area contributed by atoms with Crippen LogP contribution in [0, 0.1) is 13.8 Å². The van der Waals surface area contributed by atoms with E-state index in [1.165, 1.54) is 18.2 Å². The standard InChI is InChI=1S/C26H21NO5/c1-16-8-9-17(2)21(12-16)23(28)15-32-26(31)19-10-11-20-22(13-19)25(30)27(24(20)29)14-18-6-4-3-5-7-18/h3-13H,14-15H2,1-2H3. The van der Waals surface area contributed by atoms with Gasteiger partial charge in [-0.1, -0.05) is 48.0 Å². The number of ketones is 1. The predicted molar refractivity (Wildman–Crippen MR) is 118 cm³/mol. The van der Waals surface area contributed by atoms with E-state index in [2.05, 4.69) is 0 Å². The number of amides is 2. The lowest BCUT2D eigenvalue weighted by Gasteiger charge is -2.13. The van der Waals surface area contributed by atoms with Crippen LogP contribution in [0.2, 0.25) is 0 Å². The van der Waals surface area contributed by atoms with Crippen LogP contribution in [0.1, 0.15) is 58.1 Å². The van der Waals surface area contributed by atoms with Gasteiger partial charge >= 0.3 is 5.97 Å². The maximum atomic E-state index is 12.8. The van der Waals surface area contributed by atoms with E-state index in [9.17, 15) is 19.2 Å². The molecule has 6 nitrogen and oxygen atoms in total. The van der Waals surface area contributed by atoms with E-state index in [1.807, 2.05) is 56.3 Å². The largest absolute Gasteiger partial charge is 0.454 e. The number of aryl methyl sites for hydroxylation is 2. The first-order valence-electron chi connectivity index (χ1n) is 10.2.